The number of rotatable bonds is 5. The van der Waals surface area contributed by atoms with Crippen LogP contribution in [0.5, 0.6) is 0 Å². The van der Waals surface area contributed by atoms with Crippen LogP contribution in [0.1, 0.15) is 12.8 Å². The average molecular weight is 240 g/mol. The Labute approximate surface area is 97.7 Å². The Balaban J connectivity index is 2.37. The van der Waals surface area contributed by atoms with Crippen LogP contribution in [0.25, 0.3) is 0 Å². The molecule has 16 heavy (non-hydrogen) atoms. The van der Waals surface area contributed by atoms with Crippen LogP contribution in [-0.4, -0.2) is 22.1 Å². The molecule has 88 valence electrons. The molecule has 1 rings (SSSR count). The first-order valence-corrected chi connectivity index (χ1v) is 6.76. The van der Waals surface area contributed by atoms with Crippen LogP contribution >= 0.6 is 0 Å². The van der Waals surface area contributed by atoms with Crippen molar-refractivity contribution in [2.45, 2.75) is 12.8 Å². The van der Waals surface area contributed by atoms with E-state index in [1.54, 1.807) is 30.5 Å². The Morgan fingerprint density at radius 2 is 2.25 bits per heavy atom. The Kier molecular flexibility index (Phi) is 4.98. The van der Waals surface area contributed by atoms with Crippen molar-refractivity contribution in [1.29, 1.82) is 0 Å². The summed E-state index contributed by atoms with van der Waals surface area (Å²) >= 11 is 0. The molecule has 0 aliphatic rings. The molecule has 0 saturated heterocycles. The lowest BCUT2D eigenvalue weighted by Crippen LogP contribution is -2.12. The van der Waals surface area contributed by atoms with Crippen molar-refractivity contribution in [1.82, 2.24) is 0 Å². The summed E-state index contributed by atoms with van der Waals surface area (Å²) in [5, 5.41) is 2.74. The van der Waals surface area contributed by atoms with Gasteiger partial charge in [0.25, 0.3) is 0 Å². The summed E-state index contributed by atoms with van der Waals surface area (Å²) in [6.07, 6.45) is 2.65. The van der Waals surface area contributed by atoms with E-state index in [0.717, 1.165) is 0 Å². The summed E-state index contributed by atoms with van der Waals surface area (Å²) in [4.78, 5) is 11.5. The molecule has 0 aromatic heterocycles. The maximum atomic E-state index is 11.5. The Bertz CT molecular complexity index is 393. The van der Waals surface area contributed by atoms with Gasteiger partial charge >= 0.3 is 0 Å². The van der Waals surface area contributed by atoms with Gasteiger partial charge in [0.05, 0.1) is 0 Å². The SMILES string of the molecule is CS(=O)CCCC(=O)Nc1cccc(N)c1. The van der Waals surface area contributed by atoms with Gasteiger partial charge in [-0.3, -0.25) is 9.00 Å². The molecule has 0 bridgehead atoms. The van der Waals surface area contributed by atoms with E-state index in [9.17, 15) is 9.00 Å². The van der Waals surface area contributed by atoms with Gasteiger partial charge in [0, 0.05) is 40.6 Å². The number of nitrogen functional groups attached to an aromatic ring is 1. The minimum atomic E-state index is -0.832. The fourth-order valence-corrected chi connectivity index (χ4v) is 1.83. The Hall–Kier alpha value is -1.36. The second kappa shape index (κ2) is 6.27. The van der Waals surface area contributed by atoms with Gasteiger partial charge in [0.1, 0.15) is 0 Å². The molecule has 0 radical (unpaired) electrons. The molecule has 1 aromatic carbocycles. The highest BCUT2D eigenvalue weighted by molar-refractivity contribution is 7.84. The number of benzene rings is 1. The lowest BCUT2D eigenvalue weighted by atomic mass is 10.2. The first-order chi connectivity index (χ1) is 7.58. The number of nitrogens with one attached hydrogen (secondary N) is 1. The van der Waals surface area contributed by atoms with E-state index in [2.05, 4.69) is 5.32 Å². The topological polar surface area (TPSA) is 72.2 Å². The third-order valence-electron chi connectivity index (χ3n) is 2.01. The first kappa shape index (κ1) is 12.7. The van der Waals surface area contributed by atoms with Crippen molar-refractivity contribution in [3.63, 3.8) is 0 Å². The zero-order chi connectivity index (χ0) is 12.0. The molecule has 1 aromatic rings. The van der Waals surface area contributed by atoms with Gasteiger partial charge in [0.2, 0.25) is 5.91 Å². The zero-order valence-electron chi connectivity index (χ0n) is 9.23. The molecule has 0 aliphatic carbocycles. The van der Waals surface area contributed by atoms with Crippen LogP contribution in [0, 0.1) is 0 Å². The summed E-state index contributed by atoms with van der Waals surface area (Å²) in [6, 6.07) is 7.03. The maximum Gasteiger partial charge on any atom is 0.224 e. The van der Waals surface area contributed by atoms with E-state index < -0.39 is 10.8 Å². The lowest BCUT2D eigenvalue weighted by molar-refractivity contribution is -0.116. The Morgan fingerprint density at radius 1 is 1.50 bits per heavy atom. The predicted octanol–water partition coefficient (Wildman–Crippen LogP) is 1.37. The number of carbonyl (C=O) groups is 1. The fourth-order valence-electron chi connectivity index (χ4n) is 1.28. The summed E-state index contributed by atoms with van der Waals surface area (Å²) in [5.41, 5.74) is 6.90. The number of hydrogen-bond acceptors (Lipinski definition) is 3. The van der Waals surface area contributed by atoms with E-state index in [1.165, 1.54) is 0 Å². The van der Waals surface area contributed by atoms with Gasteiger partial charge in [-0.15, -0.1) is 0 Å². The highest BCUT2D eigenvalue weighted by atomic mass is 32.2. The summed E-state index contributed by atoms with van der Waals surface area (Å²) in [6.45, 7) is 0. The molecule has 3 N–H and O–H groups in total. The van der Waals surface area contributed by atoms with Crippen LogP contribution in [0.3, 0.4) is 0 Å². The molecule has 0 aliphatic heterocycles. The van der Waals surface area contributed by atoms with Crippen LogP contribution in [0.4, 0.5) is 11.4 Å². The molecular weight excluding hydrogens is 224 g/mol. The highest BCUT2D eigenvalue weighted by Crippen LogP contribution is 2.12. The zero-order valence-corrected chi connectivity index (χ0v) is 10.0. The minimum absolute atomic E-state index is 0.0731. The second-order valence-corrected chi connectivity index (χ2v) is 5.11. The van der Waals surface area contributed by atoms with Crippen LogP contribution in [0.2, 0.25) is 0 Å². The predicted molar refractivity (Wildman–Crippen MR) is 67.7 cm³/mol. The van der Waals surface area contributed by atoms with Crippen LogP contribution in [-0.2, 0) is 15.6 Å². The van der Waals surface area contributed by atoms with Crippen molar-refractivity contribution in [3.8, 4) is 0 Å². The van der Waals surface area contributed by atoms with Crippen molar-refractivity contribution in [2.75, 3.05) is 23.1 Å². The van der Waals surface area contributed by atoms with Crippen molar-refractivity contribution >= 4 is 28.1 Å². The number of carbonyl (C=O) groups excluding carboxylic acids is 1. The molecule has 0 heterocycles. The van der Waals surface area contributed by atoms with Gasteiger partial charge in [-0.2, -0.15) is 0 Å². The molecule has 1 atom stereocenters. The number of anilines is 2. The maximum absolute atomic E-state index is 11.5. The van der Waals surface area contributed by atoms with E-state index in [1.807, 2.05) is 0 Å². The molecule has 1 amide bonds. The molecule has 4 nitrogen and oxygen atoms in total. The monoisotopic (exact) mass is 240 g/mol. The van der Waals surface area contributed by atoms with Gasteiger partial charge < -0.3 is 11.1 Å². The summed E-state index contributed by atoms with van der Waals surface area (Å²) in [5.74, 6) is 0.487. The van der Waals surface area contributed by atoms with Crippen molar-refractivity contribution < 1.29 is 9.00 Å². The lowest BCUT2D eigenvalue weighted by Gasteiger charge is -2.05. The van der Waals surface area contributed by atoms with Gasteiger partial charge in [-0.25, -0.2) is 0 Å². The van der Waals surface area contributed by atoms with Crippen LogP contribution < -0.4 is 11.1 Å². The second-order valence-electron chi connectivity index (χ2n) is 3.55. The first-order valence-electron chi connectivity index (χ1n) is 5.03. The highest BCUT2D eigenvalue weighted by Gasteiger charge is 2.02. The summed E-state index contributed by atoms with van der Waals surface area (Å²) < 4.78 is 10.8. The summed E-state index contributed by atoms with van der Waals surface area (Å²) in [7, 11) is -0.832. The van der Waals surface area contributed by atoms with Crippen LogP contribution in [0.15, 0.2) is 24.3 Å². The minimum Gasteiger partial charge on any atom is -0.399 e. The molecule has 1 unspecified atom stereocenters. The standard InChI is InChI=1S/C11H16N2O2S/c1-16(15)7-3-6-11(14)13-10-5-2-4-9(12)8-10/h2,4-5,8H,3,6-7,12H2,1H3,(H,13,14). The van der Waals surface area contributed by atoms with Gasteiger partial charge in [0.15, 0.2) is 0 Å². The van der Waals surface area contributed by atoms with E-state index in [4.69, 9.17) is 5.73 Å². The number of nitrogens with two attached hydrogens (primary N) is 1. The van der Waals surface area contributed by atoms with E-state index >= 15 is 0 Å². The number of amides is 1. The fraction of sp³-hybridized carbons (Fsp3) is 0.364. The van der Waals surface area contributed by atoms with E-state index in [-0.39, 0.29) is 5.91 Å². The van der Waals surface area contributed by atoms with Gasteiger partial charge in [-0.1, -0.05) is 6.07 Å². The third kappa shape index (κ3) is 4.93. The molecule has 0 saturated carbocycles. The number of hydrogen-bond donors (Lipinski definition) is 2. The third-order valence-corrected chi connectivity index (χ3v) is 2.87. The largest absolute Gasteiger partial charge is 0.399 e. The molecule has 0 fully saturated rings. The molecule has 5 heteroatoms. The van der Waals surface area contributed by atoms with E-state index in [0.29, 0.717) is 30.0 Å². The van der Waals surface area contributed by atoms with Crippen molar-refractivity contribution in [2.24, 2.45) is 0 Å². The quantitative estimate of drug-likeness (QED) is 0.763. The Morgan fingerprint density at radius 3 is 2.88 bits per heavy atom. The average Bonchev–Trinajstić information content (AvgIpc) is 2.16. The smallest absolute Gasteiger partial charge is 0.224 e. The molecular formula is C11H16N2O2S. The normalized spacial score (nSPS) is 12.1. The van der Waals surface area contributed by atoms with Crippen molar-refractivity contribution in [3.05, 3.63) is 24.3 Å². The molecule has 0 spiro atoms. The van der Waals surface area contributed by atoms with Gasteiger partial charge in [-0.05, 0) is 24.6 Å².